The summed E-state index contributed by atoms with van der Waals surface area (Å²) in [5.74, 6) is 1.58. The van der Waals surface area contributed by atoms with Crippen LogP contribution in [0.2, 0.25) is 0 Å². The van der Waals surface area contributed by atoms with Crippen LogP contribution < -0.4 is 0 Å². The van der Waals surface area contributed by atoms with Gasteiger partial charge in [-0.3, -0.25) is 0 Å². The highest BCUT2D eigenvalue weighted by Crippen LogP contribution is 2.19. The van der Waals surface area contributed by atoms with E-state index in [0.29, 0.717) is 5.92 Å². The molecule has 0 amide bonds. The van der Waals surface area contributed by atoms with Gasteiger partial charge >= 0.3 is 0 Å². The third-order valence-electron chi connectivity index (χ3n) is 4.11. The summed E-state index contributed by atoms with van der Waals surface area (Å²) < 4.78 is 0. The van der Waals surface area contributed by atoms with Crippen LogP contribution in [0.1, 0.15) is 80.1 Å². The Morgan fingerprint density at radius 1 is 0.905 bits per heavy atom. The number of aliphatic hydroxyl groups excluding tert-OH is 1. The van der Waals surface area contributed by atoms with Crippen LogP contribution in [0, 0.1) is 17.8 Å². The van der Waals surface area contributed by atoms with E-state index < -0.39 is 5.60 Å². The van der Waals surface area contributed by atoms with Crippen LogP contribution in [0.15, 0.2) is 12.2 Å². The maximum atomic E-state index is 10.2. The summed E-state index contributed by atoms with van der Waals surface area (Å²) in [4.78, 5) is 0. The Labute approximate surface area is 132 Å². The van der Waals surface area contributed by atoms with Crippen LogP contribution in [0.5, 0.6) is 0 Å². The molecule has 0 aliphatic heterocycles. The Bertz CT molecular complexity index is 276. The second kappa shape index (κ2) is 10.4. The van der Waals surface area contributed by atoms with Gasteiger partial charge in [-0.2, -0.15) is 0 Å². The van der Waals surface area contributed by atoms with Crippen molar-refractivity contribution in [1.29, 1.82) is 0 Å². The van der Waals surface area contributed by atoms with Gasteiger partial charge in [-0.05, 0) is 50.9 Å². The first-order valence-corrected chi connectivity index (χ1v) is 8.70. The Morgan fingerprint density at radius 3 is 2.05 bits per heavy atom. The van der Waals surface area contributed by atoms with Gasteiger partial charge in [-0.1, -0.05) is 59.1 Å². The molecule has 2 nitrogen and oxygen atoms in total. The van der Waals surface area contributed by atoms with Crippen LogP contribution in [0.25, 0.3) is 0 Å². The van der Waals surface area contributed by atoms with Gasteiger partial charge in [0.15, 0.2) is 0 Å². The van der Waals surface area contributed by atoms with Crippen LogP contribution in [0.3, 0.4) is 0 Å². The Kier molecular flexibility index (Phi) is 10.2. The molecular formula is C19H38O2. The molecule has 3 unspecified atom stereocenters. The maximum absolute atomic E-state index is 10.2. The average molecular weight is 299 g/mol. The van der Waals surface area contributed by atoms with Gasteiger partial charge in [0.05, 0.1) is 11.7 Å². The molecule has 0 aromatic carbocycles. The molecule has 0 radical (unpaired) electrons. The van der Waals surface area contributed by atoms with E-state index in [9.17, 15) is 10.2 Å². The van der Waals surface area contributed by atoms with Crippen molar-refractivity contribution in [2.75, 3.05) is 0 Å². The number of hydrogen-bond donors (Lipinski definition) is 2. The summed E-state index contributed by atoms with van der Waals surface area (Å²) in [6.45, 7) is 12.5. The predicted molar refractivity (Wildman–Crippen MR) is 92.3 cm³/mol. The van der Waals surface area contributed by atoms with Crippen molar-refractivity contribution in [2.24, 2.45) is 17.8 Å². The molecule has 2 N–H and O–H groups in total. The molecule has 0 saturated carbocycles. The molecule has 3 atom stereocenters. The third-order valence-corrected chi connectivity index (χ3v) is 4.11. The third kappa shape index (κ3) is 13.1. The summed E-state index contributed by atoms with van der Waals surface area (Å²) in [5.41, 5.74) is -0.592. The molecule has 0 aliphatic rings. The fourth-order valence-corrected chi connectivity index (χ4v) is 2.46. The molecule has 0 saturated heterocycles. The van der Waals surface area contributed by atoms with Crippen molar-refractivity contribution in [3.63, 3.8) is 0 Å². The SMILES string of the molecule is CC(C)CCCC(C)C=CC(O)C(C)CCCC(C)(C)O. The van der Waals surface area contributed by atoms with Gasteiger partial charge < -0.3 is 10.2 Å². The van der Waals surface area contributed by atoms with Crippen molar-refractivity contribution in [1.82, 2.24) is 0 Å². The molecule has 0 aromatic heterocycles. The van der Waals surface area contributed by atoms with Gasteiger partial charge in [0.2, 0.25) is 0 Å². The predicted octanol–water partition coefficient (Wildman–Crippen LogP) is 4.94. The molecule has 0 rings (SSSR count). The molecule has 126 valence electrons. The molecule has 0 bridgehead atoms. The minimum atomic E-state index is -0.592. The molecule has 21 heavy (non-hydrogen) atoms. The number of allylic oxidation sites excluding steroid dienone is 1. The highest BCUT2D eigenvalue weighted by molar-refractivity contribution is 4.93. The summed E-state index contributed by atoms with van der Waals surface area (Å²) >= 11 is 0. The summed E-state index contributed by atoms with van der Waals surface area (Å²) in [6, 6.07) is 0. The molecule has 2 heteroatoms. The zero-order valence-electron chi connectivity index (χ0n) is 15.1. The van der Waals surface area contributed by atoms with Crippen molar-refractivity contribution in [3.05, 3.63) is 12.2 Å². The largest absolute Gasteiger partial charge is 0.390 e. The van der Waals surface area contributed by atoms with Crippen LogP contribution in [-0.4, -0.2) is 21.9 Å². The first-order chi connectivity index (χ1) is 9.61. The highest BCUT2D eigenvalue weighted by Gasteiger charge is 2.15. The Morgan fingerprint density at radius 2 is 1.52 bits per heavy atom. The topological polar surface area (TPSA) is 40.5 Å². The minimum absolute atomic E-state index is 0.256. The van der Waals surface area contributed by atoms with Crippen molar-refractivity contribution < 1.29 is 10.2 Å². The quantitative estimate of drug-likeness (QED) is 0.530. The minimum Gasteiger partial charge on any atom is -0.390 e. The first kappa shape index (κ1) is 20.7. The van der Waals surface area contributed by atoms with E-state index in [1.807, 2.05) is 19.9 Å². The second-order valence-electron chi connectivity index (χ2n) is 7.86. The zero-order valence-corrected chi connectivity index (χ0v) is 15.1. The summed E-state index contributed by atoms with van der Waals surface area (Å²) in [5, 5.41) is 19.9. The van der Waals surface area contributed by atoms with Crippen molar-refractivity contribution in [3.8, 4) is 0 Å². The lowest BCUT2D eigenvalue weighted by Crippen LogP contribution is -2.20. The molecule has 0 aliphatic carbocycles. The van der Waals surface area contributed by atoms with E-state index in [-0.39, 0.29) is 12.0 Å². The standard InChI is InChI=1S/C19H38O2/c1-15(2)9-7-10-16(3)12-13-18(20)17(4)11-8-14-19(5,6)21/h12-13,15-18,20-21H,7-11,14H2,1-6H3. The summed E-state index contributed by atoms with van der Waals surface area (Å²) in [6.07, 6.45) is 10.2. The van der Waals surface area contributed by atoms with E-state index in [2.05, 4.69) is 33.8 Å². The van der Waals surface area contributed by atoms with Crippen LogP contribution in [0.4, 0.5) is 0 Å². The zero-order chi connectivity index (χ0) is 16.5. The Balaban J connectivity index is 3.93. The van der Waals surface area contributed by atoms with Crippen LogP contribution in [-0.2, 0) is 0 Å². The lowest BCUT2D eigenvalue weighted by atomic mass is 9.92. The molecule has 0 aromatic rings. The highest BCUT2D eigenvalue weighted by atomic mass is 16.3. The van der Waals surface area contributed by atoms with E-state index >= 15 is 0 Å². The van der Waals surface area contributed by atoms with Gasteiger partial charge in [-0.25, -0.2) is 0 Å². The Hall–Kier alpha value is -0.340. The van der Waals surface area contributed by atoms with Crippen molar-refractivity contribution in [2.45, 2.75) is 91.8 Å². The first-order valence-electron chi connectivity index (χ1n) is 8.70. The van der Waals surface area contributed by atoms with Gasteiger partial charge in [0.25, 0.3) is 0 Å². The number of aliphatic hydroxyl groups is 2. The number of rotatable bonds is 11. The smallest absolute Gasteiger partial charge is 0.0746 e. The number of hydrogen-bond acceptors (Lipinski definition) is 2. The molecule has 0 heterocycles. The normalized spacial score (nSPS) is 17.4. The van der Waals surface area contributed by atoms with E-state index in [0.717, 1.165) is 25.2 Å². The van der Waals surface area contributed by atoms with Gasteiger partial charge in [-0.15, -0.1) is 0 Å². The molecule has 0 fully saturated rings. The maximum Gasteiger partial charge on any atom is 0.0746 e. The molecule has 0 spiro atoms. The monoisotopic (exact) mass is 298 g/mol. The fourth-order valence-electron chi connectivity index (χ4n) is 2.46. The fraction of sp³-hybridized carbons (Fsp3) is 0.895. The second-order valence-corrected chi connectivity index (χ2v) is 7.86. The molecular weight excluding hydrogens is 260 g/mol. The average Bonchev–Trinajstić information content (AvgIpc) is 2.33. The van der Waals surface area contributed by atoms with E-state index in [1.165, 1.54) is 19.3 Å². The van der Waals surface area contributed by atoms with Gasteiger partial charge in [0.1, 0.15) is 0 Å². The van der Waals surface area contributed by atoms with Crippen molar-refractivity contribution >= 4 is 0 Å². The van der Waals surface area contributed by atoms with Gasteiger partial charge in [0, 0.05) is 0 Å². The lowest BCUT2D eigenvalue weighted by molar-refractivity contribution is 0.0638. The van der Waals surface area contributed by atoms with E-state index in [4.69, 9.17) is 0 Å². The van der Waals surface area contributed by atoms with E-state index in [1.54, 1.807) is 0 Å². The lowest BCUT2D eigenvalue weighted by Gasteiger charge is -2.20. The van der Waals surface area contributed by atoms with Crippen LogP contribution >= 0.6 is 0 Å². The summed E-state index contributed by atoms with van der Waals surface area (Å²) in [7, 11) is 0.